The molecule has 0 saturated carbocycles. The second-order valence-electron chi connectivity index (χ2n) is 9.33. The summed E-state index contributed by atoms with van der Waals surface area (Å²) in [5, 5.41) is 2.84. The lowest BCUT2D eigenvalue weighted by molar-refractivity contribution is -0.116. The lowest BCUT2D eigenvalue weighted by Gasteiger charge is -2.09. The van der Waals surface area contributed by atoms with Crippen molar-refractivity contribution in [1.82, 2.24) is 0 Å². The van der Waals surface area contributed by atoms with Crippen molar-refractivity contribution in [3.05, 3.63) is 42.0 Å². The molecule has 0 aliphatic carbocycles. The van der Waals surface area contributed by atoms with E-state index in [1.165, 1.54) is 103 Å². The summed E-state index contributed by atoms with van der Waals surface area (Å²) in [4.78, 5) is 24.0. The highest BCUT2D eigenvalue weighted by Crippen LogP contribution is 2.17. The molecule has 0 heterocycles. The van der Waals surface area contributed by atoms with E-state index < -0.39 is 5.97 Å². The number of methoxy groups -OCH3 is 1. The standard InChI is InChI=1S/C30H49NO3/c1-3-4-5-6-7-8-9-10-11-12-13-14-15-16-17-18-19-20-21-26-29(32)31-28-25-23-22-24-27(28)30(33)34-2/h10-11,22-25H,3-9,12-21,26H2,1-2H3,(H,31,32). The molecule has 1 N–H and O–H groups in total. The maximum atomic E-state index is 12.2. The third kappa shape index (κ3) is 15.7. The maximum absolute atomic E-state index is 12.2. The Labute approximate surface area is 208 Å². The first kappa shape index (κ1) is 29.9. The number of amides is 1. The highest BCUT2D eigenvalue weighted by molar-refractivity contribution is 6.01. The molecule has 0 aromatic heterocycles. The molecular formula is C30H49NO3. The Balaban J connectivity index is 1.91. The van der Waals surface area contributed by atoms with E-state index in [9.17, 15) is 9.59 Å². The first-order valence-electron chi connectivity index (χ1n) is 13.8. The maximum Gasteiger partial charge on any atom is 0.339 e. The van der Waals surface area contributed by atoms with Gasteiger partial charge in [0.05, 0.1) is 18.4 Å². The van der Waals surface area contributed by atoms with Crippen LogP contribution in [0.15, 0.2) is 36.4 Å². The van der Waals surface area contributed by atoms with Crippen molar-refractivity contribution in [2.45, 2.75) is 122 Å². The van der Waals surface area contributed by atoms with Gasteiger partial charge in [-0.2, -0.15) is 0 Å². The zero-order chi connectivity index (χ0) is 24.7. The van der Waals surface area contributed by atoms with Crippen molar-refractivity contribution in [1.29, 1.82) is 0 Å². The largest absolute Gasteiger partial charge is 0.465 e. The van der Waals surface area contributed by atoms with Crippen molar-refractivity contribution in [2.75, 3.05) is 12.4 Å². The van der Waals surface area contributed by atoms with E-state index in [-0.39, 0.29) is 5.91 Å². The van der Waals surface area contributed by atoms with Gasteiger partial charge in [-0.3, -0.25) is 4.79 Å². The highest BCUT2D eigenvalue weighted by Gasteiger charge is 2.12. The van der Waals surface area contributed by atoms with Gasteiger partial charge in [-0.05, 0) is 44.2 Å². The fourth-order valence-electron chi connectivity index (χ4n) is 4.16. The Morgan fingerprint density at radius 3 is 1.79 bits per heavy atom. The number of anilines is 1. The summed E-state index contributed by atoms with van der Waals surface area (Å²) in [5.41, 5.74) is 0.912. The van der Waals surface area contributed by atoms with Gasteiger partial charge in [-0.1, -0.05) is 108 Å². The number of para-hydroxylation sites is 1. The van der Waals surface area contributed by atoms with Crippen LogP contribution in [0, 0.1) is 0 Å². The summed E-state index contributed by atoms with van der Waals surface area (Å²) < 4.78 is 4.77. The number of unbranched alkanes of at least 4 members (excludes halogenated alkanes) is 15. The first-order chi connectivity index (χ1) is 16.7. The van der Waals surface area contributed by atoms with Crippen LogP contribution < -0.4 is 5.32 Å². The van der Waals surface area contributed by atoms with Gasteiger partial charge >= 0.3 is 5.97 Å². The molecule has 1 aromatic carbocycles. The molecule has 0 spiro atoms. The number of benzene rings is 1. The number of allylic oxidation sites excluding steroid dienone is 2. The first-order valence-corrected chi connectivity index (χ1v) is 13.8. The predicted octanol–water partition coefficient (Wildman–Crippen LogP) is 9.01. The van der Waals surface area contributed by atoms with Gasteiger partial charge < -0.3 is 10.1 Å². The van der Waals surface area contributed by atoms with Crippen molar-refractivity contribution in [2.24, 2.45) is 0 Å². The van der Waals surface area contributed by atoms with Crippen LogP contribution in [0.4, 0.5) is 5.69 Å². The summed E-state index contributed by atoms with van der Waals surface area (Å²) in [6.45, 7) is 2.27. The molecule has 0 fully saturated rings. The van der Waals surface area contributed by atoms with Crippen LogP contribution in [-0.2, 0) is 9.53 Å². The van der Waals surface area contributed by atoms with Gasteiger partial charge in [0.1, 0.15) is 0 Å². The second-order valence-corrected chi connectivity index (χ2v) is 9.33. The van der Waals surface area contributed by atoms with Crippen LogP contribution in [-0.4, -0.2) is 19.0 Å². The summed E-state index contributed by atoms with van der Waals surface area (Å²) in [7, 11) is 1.34. The van der Waals surface area contributed by atoms with Crippen molar-refractivity contribution >= 4 is 17.6 Å². The van der Waals surface area contributed by atoms with Crippen LogP contribution in [0.5, 0.6) is 0 Å². The number of hydrogen-bond donors (Lipinski definition) is 1. The molecule has 0 aliphatic rings. The molecule has 4 nitrogen and oxygen atoms in total. The third-order valence-corrected chi connectivity index (χ3v) is 6.27. The molecule has 34 heavy (non-hydrogen) atoms. The Bertz CT molecular complexity index is 683. The van der Waals surface area contributed by atoms with Crippen molar-refractivity contribution < 1.29 is 14.3 Å². The molecule has 4 heteroatoms. The molecule has 0 atom stereocenters. The normalized spacial score (nSPS) is 11.1. The van der Waals surface area contributed by atoms with E-state index in [1.807, 2.05) is 0 Å². The fraction of sp³-hybridized carbons (Fsp3) is 0.667. The number of carbonyl (C=O) groups is 2. The molecule has 1 aromatic rings. The van der Waals surface area contributed by atoms with Gasteiger partial charge in [0, 0.05) is 6.42 Å². The average Bonchev–Trinajstić information content (AvgIpc) is 2.85. The zero-order valence-electron chi connectivity index (χ0n) is 21.9. The summed E-state index contributed by atoms with van der Waals surface area (Å²) in [6, 6.07) is 6.96. The molecule has 0 bridgehead atoms. The van der Waals surface area contributed by atoms with E-state index in [0.29, 0.717) is 17.7 Å². The minimum absolute atomic E-state index is 0.0441. The van der Waals surface area contributed by atoms with Gasteiger partial charge in [0.25, 0.3) is 0 Å². The molecule has 192 valence electrons. The van der Waals surface area contributed by atoms with E-state index in [2.05, 4.69) is 24.4 Å². The fourth-order valence-corrected chi connectivity index (χ4v) is 4.16. The molecular weight excluding hydrogens is 422 g/mol. The van der Waals surface area contributed by atoms with Crippen LogP contribution in [0.2, 0.25) is 0 Å². The second kappa shape index (κ2) is 21.4. The summed E-state index contributed by atoms with van der Waals surface area (Å²) in [6.07, 6.45) is 27.1. The average molecular weight is 472 g/mol. The number of carbonyl (C=O) groups excluding carboxylic acids is 2. The summed E-state index contributed by atoms with van der Waals surface area (Å²) in [5.74, 6) is -0.478. The number of rotatable bonds is 21. The van der Waals surface area contributed by atoms with Crippen molar-refractivity contribution in [3.8, 4) is 0 Å². The van der Waals surface area contributed by atoms with E-state index in [4.69, 9.17) is 4.74 Å². The van der Waals surface area contributed by atoms with Gasteiger partial charge in [0.15, 0.2) is 0 Å². The number of hydrogen-bond acceptors (Lipinski definition) is 3. The van der Waals surface area contributed by atoms with Gasteiger partial charge in [0.2, 0.25) is 5.91 Å². The highest BCUT2D eigenvalue weighted by atomic mass is 16.5. The smallest absolute Gasteiger partial charge is 0.339 e. The Morgan fingerprint density at radius 2 is 1.24 bits per heavy atom. The minimum atomic E-state index is -0.434. The Kier molecular flexibility index (Phi) is 18.9. The van der Waals surface area contributed by atoms with Crippen molar-refractivity contribution in [3.63, 3.8) is 0 Å². The number of esters is 1. The van der Waals surface area contributed by atoms with E-state index >= 15 is 0 Å². The van der Waals surface area contributed by atoms with Crippen LogP contribution in [0.1, 0.15) is 133 Å². The van der Waals surface area contributed by atoms with Gasteiger partial charge in [-0.25, -0.2) is 4.79 Å². The van der Waals surface area contributed by atoms with Crippen LogP contribution in [0.25, 0.3) is 0 Å². The minimum Gasteiger partial charge on any atom is -0.465 e. The predicted molar refractivity (Wildman–Crippen MR) is 144 cm³/mol. The SMILES string of the molecule is CCCCCCCCC=CCCCCCCCCCCCC(=O)Nc1ccccc1C(=O)OC. The van der Waals surface area contributed by atoms with E-state index in [0.717, 1.165) is 12.8 Å². The number of nitrogens with one attached hydrogen (secondary N) is 1. The third-order valence-electron chi connectivity index (χ3n) is 6.27. The monoisotopic (exact) mass is 471 g/mol. The van der Waals surface area contributed by atoms with E-state index in [1.54, 1.807) is 24.3 Å². The molecule has 1 rings (SSSR count). The molecule has 0 aliphatic heterocycles. The molecule has 0 unspecified atom stereocenters. The topological polar surface area (TPSA) is 55.4 Å². The quantitative estimate of drug-likeness (QED) is 0.110. The summed E-state index contributed by atoms with van der Waals surface area (Å²) >= 11 is 0. The lowest BCUT2D eigenvalue weighted by Crippen LogP contribution is -2.14. The van der Waals surface area contributed by atoms with Gasteiger partial charge in [-0.15, -0.1) is 0 Å². The van der Waals surface area contributed by atoms with Crippen LogP contribution >= 0.6 is 0 Å². The Hall–Kier alpha value is -2.10. The lowest BCUT2D eigenvalue weighted by atomic mass is 10.1. The molecule has 0 radical (unpaired) electrons. The number of ether oxygens (including phenoxy) is 1. The Morgan fingerprint density at radius 1 is 0.735 bits per heavy atom. The zero-order valence-corrected chi connectivity index (χ0v) is 21.9. The molecule has 1 amide bonds. The molecule has 0 saturated heterocycles. The van der Waals surface area contributed by atoms with Crippen LogP contribution in [0.3, 0.4) is 0 Å².